The molecule has 0 saturated carbocycles. The van der Waals surface area contributed by atoms with E-state index in [1.54, 1.807) is 13.8 Å². The molecule has 1 aromatic carbocycles. The molecule has 2 amide bonds. The molecular weight excluding hydrogens is 278 g/mol. The molecule has 1 heterocycles. The molecule has 1 aliphatic rings. The number of rotatable bonds is 2. The summed E-state index contributed by atoms with van der Waals surface area (Å²) in [5, 5.41) is 2.63. The van der Waals surface area contributed by atoms with E-state index in [4.69, 9.17) is 0 Å². The Hall–Kier alpha value is -1.98. The summed E-state index contributed by atoms with van der Waals surface area (Å²) in [5.41, 5.74) is -1.28. The molecule has 0 aromatic heterocycles. The van der Waals surface area contributed by atoms with E-state index in [2.05, 4.69) is 5.32 Å². The van der Waals surface area contributed by atoms with Crippen LogP contribution < -0.4 is 10.2 Å². The second-order valence-electron chi connectivity index (χ2n) is 5.47. The maximum atomic E-state index is 14.3. The van der Waals surface area contributed by atoms with Crippen molar-refractivity contribution in [1.82, 2.24) is 5.32 Å². The first-order valence-electron chi connectivity index (χ1n) is 6.87. The number of carbonyl (C=O) groups excluding carboxylic acids is 2. The highest BCUT2D eigenvalue weighted by molar-refractivity contribution is 6.04. The largest absolute Gasteiger partial charge is 0.342 e. The predicted molar refractivity (Wildman–Crippen MR) is 74.9 cm³/mol. The molecule has 0 aliphatic carbocycles. The van der Waals surface area contributed by atoms with Gasteiger partial charge >= 0.3 is 0 Å². The maximum absolute atomic E-state index is 14.3. The first kappa shape index (κ1) is 15.4. The number of halogens is 2. The van der Waals surface area contributed by atoms with Gasteiger partial charge in [0.1, 0.15) is 17.0 Å². The van der Waals surface area contributed by atoms with Crippen molar-refractivity contribution in [2.75, 3.05) is 11.4 Å². The third kappa shape index (κ3) is 2.62. The number of hydrogen-bond acceptors (Lipinski definition) is 2. The minimum absolute atomic E-state index is 0.00809. The molecule has 1 fully saturated rings. The minimum atomic E-state index is -1.16. The van der Waals surface area contributed by atoms with E-state index in [-0.39, 0.29) is 30.1 Å². The lowest BCUT2D eigenvalue weighted by molar-refractivity contribution is -0.129. The van der Waals surface area contributed by atoms with Crippen LogP contribution in [0.5, 0.6) is 0 Å². The average Bonchev–Trinajstić information content (AvgIpc) is 2.55. The molecule has 0 bridgehead atoms. The third-order valence-corrected chi connectivity index (χ3v) is 3.93. The number of amides is 2. The summed E-state index contributed by atoms with van der Waals surface area (Å²) in [6, 6.07) is 2.45. The van der Waals surface area contributed by atoms with Crippen molar-refractivity contribution in [3.8, 4) is 0 Å². The molecule has 6 heteroatoms. The zero-order valence-electron chi connectivity index (χ0n) is 12.3. The highest BCUT2D eigenvalue weighted by atomic mass is 19.1. The van der Waals surface area contributed by atoms with Crippen LogP contribution in [-0.4, -0.2) is 23.9 Å². The van der Waals surface area contributed by atoms with E-state index in [1.165, 1.54) is 13.0 Å². The summed E-state index contributed by atoms with van der Waals surface area (Å²) in [5.74, 6) is -2.38. The zero-order valence-corrected chi connectivity index (χ0v) is 12.3. The van der Waals surface area contributed by atoms with Gasteiger partial charge in [0.15, 0.2) is 5.82 Å². The van der Waals surface area contributed by atoms with Gasteiger partial charge < -0.3 is 10.2 Å². The Bertz CT molecular complexity index is 604. The van der Waals surface area contributed by atoms with Crippen LogP contribution >= 0.6 is 0 Å². The van der Waals surface area contributed by atoms with Crippen LogP contribution in [0.2, 0.25) is 0 Å². The smallest absolute Gasteiger partial charge is 0.252 e. The second kappa shape index (κ2) is 5.42. The molecule has 114 valence electrons. The highest BCUT2D eigenvalue weighted by Gasteiger charge is 2.41. The Morgan fingerprint density at radius 1 is 1.33 bits per heavy atom. The van der Waals surface area contributed by atoms with Gasteiger partial charge in [-0.2, -0.15) is 0 Å². The Labute approximate surface area is 122 Å². The van der Waals surface area contributed by atoms with E-state index in [0.717, 1.165) is 11.0 Å². The number of nitrogens with one attached hydrogen (secondary N) is 1. The molecule has 1 N–H and O–H groups in total. The molecule has 1 unspecified atom stereocenters. The normalized spacial score (nSPS) is 23.0. The SMILES string of the molecule is CCC1(C)NC(=O)CCN(c2c(F)ccc(C)c2F)C1=O. The van der Waals surface area contributed by atoms with E-state index >= 15 is 0 Å². The van der Waals surface area contributed by atoms with E-state index in [9.17, 15) is 18.4 Å². The topological polar surface area (TPSA) is 49.4 Å². The van der Waals surface area contributed by atoms with Crippen LogP contribution in [0.3, 0.4) is 0 Å². The number of nitrogens with zero attached hydrogens (tertiary/aromatic N) is 1. The van der Waals surface area contributed by atoms with Crippen LogP contribution in [0.25, 0.3) is 0 Å². The molecule has 1 aliphatic heterocycles. The molecule has 4 nitrogen and oxygen atoms in total. The fourth-order valence-corrected chi connectivity index (χ4v) is 2.38. The lowest BCUT2D eigenvalue weighted by Crippen LogP contribution is -2.55. The molecule has 0 radical (unpaired) electrons. The molecule has 0 spiro atoms. The standard InChI is InChI=1S/C15H18F2N2O2/c1-4-15(3)14(21)19(8-7-11(20)18-15)13-10(16)6-5-9(2)12(13)17/h5-6H,4,7-8H2,1-3H3,(H,18,20). The fraction of sp³-hybridized carbons (Fsp3) is 0.467. The molecule has 1 atom stereocenters. The maximum Gasteiger partial charge on any atom is 0.252 e. The third-order valence-electron chi connectivity index (χ3n) is 3.93. The lowest BCUT2D eigenvalue weighted by atomic mass is 9.97. The molecule has 1 aromatic rings. The summed E-state index contributed by atoms with van der Waals surface area (Å²) in [4.78, 5) is 25.4. The van der Waals surface area contributed by atoms with Gasteiger partial charge in [-0.15, -0.1) is 0 Å². The number of benzene rings is 1. The average molecular weight is 296 g/mol. The van der Waals surface area contributed by atoms with Crippen LogP contribution in [0.1, 0.15) is 32.3 Å². The first-order chi connectivity index (χ1) is 9.80. The van der Waals surface area contributed by atoms with E-state index in [0.29, 0.717) is 6.42 Å². The van der Waals surface area contributed by atoms with Crippen LogP contribution in [0.15, 0.2) is 12.1 Å². The van der Waals surface area contributed by atoms with Gasteiger partial charge in [0.25, 0.3) is 5.91 Å². The first-order valence-corrected chi connectivity index (χ1v) is 6.87. The molecular formula is C15H18F2N2O2. The van der Waals surface area contributed by atoms with E-state index in [1.807, 2.05) is 0 Å². The summed E-state index contributed by atoms with van der Waals surface area (Å²) in [6.45, 7) is 4.77. The quantitative estimate of drug-likeness (QED) is 0.910. The van der Waals surface area contributed by atoms with Crippen molar-refractivity contribution in [3.05, 3.63) is 29.3 Å². The molecule has 1 saturated heterocycles. The Morgan fingerprint density at radius 3 is 2.62 bits per heavy atom. The summed E-state index contributed by atoms with van der Waals surface area (Å²) < 4.78 is 28.3. The monoisotopic (exact) mass is 296 g/mol. The van der Waals surface area contributed by atoms with Gasteiger partial charge in [-0.3, -0.25) is 9.59 Å². The minimum Gasteiger partial charge on any atom is -0.342 e. The predicted octanol–water partition coefficient (Wildman–Crippen LogP) is 2.29. The summed E-state index contributed by atoms with van der Waals surface area (Å²) in [7, 11) is 0. The van der Waals surface area contributed by atoms with Crippen molar-refractivity contribution in [2.24, 2.45) is 0 Å². The van der Waals surface area contributed by atoms with Crippen molar-refractivity contribution < 1.29 is 18.4 Å². The van der Waals surface area contributed by atoms with Crippen LogP contribution in [-0.2, 0) is 9.59 Å². The Morgan fingerprint density at radius 2 is 2.00 bits per heavy atom. The number of carbonyl (C=O) groups is 2. The van der Waals surface area contributed by atoms with Gasteiger partial charge in [-0.1, -0.05) is 13.0 Å². The lowest BCUT2D eigenvalue weighted by Gasteiger charge is -2.31. The van der Waals surface area contributed by atoms with Gasteiger partial charge in [-0.05, 0) is 31.9 Å². The van der Waals surface area contributed by atoms with Gasteiger partial charge in [-0.25, -0.2) is 8.78 Å². The summed E-state index contributed by atoms with van der Waals surface area (Å²) in [6.07, 6.45) is 0.345. The Kier molecular flexibility index (Phi) is 3.98. The zero-order chi connectivity index (χ0) is 15.8. The van der Waals surface area contributed by atoms with Gasteiger partial charge in [0.2, 0.25) is 5.91 Å². The van der Waals surface area contributed by atoms with Crippen molar-refractivity contribution >= 4 is 17.5 Å². The summed E-state index contributed by atoms with van der Waals surface area (Å²) >= 11 is 0. The highest BCUT2D eigenvalue weighted by Crippen LogP contribution is 2.30. The fourth-order valence-electron chi connectivity index (χ4n) is 2.38. The number of anilines is 1. The van der Waals surface area contributed by atoms with E-state index < -0.39 is 23.1 Å². The molecule has 2 rings (SSSR count). The Balaban J connectivity index is 2.55. The van der Waals surface area contributed by atoms with Crippen LogP contribution in [0.4, 0.5) is 14.5 Å². The van der Waals surface area contributed by atoms with Crippen molar-refractivity contribution in [2.45, 2.75) is 39.2 Å². The van der Waals surface area contributed by atoms with Crippen molar-refractivity contribution in [3.63, 3.8) is 0 Å². The second-order valence-corrected chi connectivity index (χ2v) is 5.47. The van der Waals surface area contributed by atoms with Crippen molar-refractivity contribution in [1.29, 1.82) is 0 Å². The van der Waals surface area contributed by atoms with Crippen LogP contribution in [0, 0.1) is 18.6 Å². The van der Waals surface area contributed by atoms with Gasteiger partial charge in [0, 0.05) is 13.0 Å². The number of hydrogen-bond donors (Lipinski definition) is 1. The molecule has 21 heavy (non-hydrogen) atoms. The van der Waals surface area contributed by atoms with Gasteiger partial charge in [0.05, 0.1) is 0 Å². The number of aryl methyl sites for hydroxylation is 1.